The fourth-order valence-corrected chi connectivity index (χ4v) is 5.75. The Labute approximate surface area is 167 Å². The average Bonchev–Trinajstić information content (AvgIpc) is 3.07. The number of anilines is 1. The zero-order valence-corrected chi connectivity index (χ0v) is 17.1. The fraction of sp³-hybridized carbons (Fsp3) is 0.381. The fourth-order valence-electron chi connectivity index (χ4n) is 3.45. The van der Waals surface area contributed by atoms with Crippen molar-refractivity contribution >= 4 is 44.9 Å². The Hall–Kier alpha value is -1.92. The molecule has 27 heavy (non-hydrogen) atoms. The number of aryl methyl sites for hydroxylation is 2. The van der Waals surface area contributed by atoms with Gasteiger partial charge in [0.05, 0.1) is 5.69 Å². The maximum absolute atomic E-state index is 12.2. The van der Waals surface area contributed by atoms with Crippen molar-refractivity contribution in [2.45, 2.75) is 61.8 Å². The molecule has 2 aromatic heterocycles. The van der Waals surface area contributed by atoms with Gasteiger partial charge in [-0.05, 0) is 49.8 Å². The molecule has 1 aromatic carbocycles. The van der Waals surface area contributed by atoms with E-state index in [4.69, 9.17) is 0 Å². The molecule has 2 heterocycles. The van der Waals surface area contributed by atoms with Gasteiger partial charge in [0, 0.05) is 21.6 Å². The predicted molar refractivity (Wildman–Crippen MR) is 113 cm³/mol. The molecule has 0 spiro atoms. The van der Waals surface area contributed by atoms with Crippen molar-refractivity contribution in [3.05, 3.63) is 41.0 Å². The summed E-state index contributed by atoms with van der Waals surface area (Å²) >= 11 is 3.44. The Morgan fingerprint density at radius 1 is 1.22 bits per heavy atom. The van der Waals surface area contributed by atoms with Gasteiger partial charge in [-0.2, -0.15) is 0 Å². The first-order valence-corrected chi connectivity index (χ1v) is 11.2. The van der Waals surface area contributed by atoms with Gasteiger partial charge in [-0.1, -0.05) is 37.2 Å². The summed E-state index contributed by atoms with van der Waals surface area (Å²) in [5.41, 5.74) is 2.30. The lowest BCUT2D eigenvalue weighted by molar-refractivity contribution is -0.116. The number of hydrogen-bond acceptors (Lipinski definition) is 5. The lowest BCUT2D eigenvalue weighted by Crippen LogP contribution is -2.11. The minimum absolute atomic E-state index is 0.0747. The number of unbranched alkanes of at least 4 members (excludes halogenated alkanes) is 1. The number of rotatable bonds is 6. The van der Waals surface area contributed by atoms with Crippen LogP contribution in [-0.4, -0.2) is 15.9 Å². The second kappa shape index (κ2) is 8.40. The standard InChI is InChI=1S/C21H23N3OS2/c1-2-3-12-18(25)24-15-9-5-7-11-17(15)27-21-19-14-8-4-6-10-16(14)26-20(19)22-13-23-21/h5,7,9,11,13H,2-4,6,8,10,12H2,1H3,(H,24,25). The molecule has 0 bridgehead atoms. The highest BCUT2D eigenvalue weighted by molar-refractivity contribution is 7.99. The average molecular weight is 398 g/mol. The molecule has 0 atom stereocenters. The first-order valence-electron chi connectivity index (χ1n) is 9.58. The molecule has 1 N–H and O–H groups in total. The molecular formula is C21H23N3OS2. The minimum atomic E-state index is 0.0747. The smallest absolute Gasteiger partial charge is 0.224 e. The largest absolute Gasteiger partial charge is 0.325 e. The molecule has 0 saturated carbocycles. The number of aromatic nitrogens is 2. The third-order valence-corrected chi connectivity index (χ3v) is 7.12. The lowest BCUT2D eigenvalue weighted by Gasteiger charge is -2.13. The molecule has 6 heteroatoms. The third kappa shape index (κ3) is 4.01. The number of fused-ring (bicyclic) bond motifs is 3. The van der Waals surface area contributed by atoms with E-state index in [-0.39, 0.29) is 5.91 Å². The van der Waals surface area contributed by atoms with E-state index in [0.29, 0.717) is 6.42 Å². The second-order valence-electron chi connectivity index (χ2n) is 6.82. The normalized spacial score (nSPS) is 13.5. The molecule has 1 aliphatic carbocycles. The number of amides is 1. The number of carbonyl (C=O) groups is 1. The van der Waals surface area contributed by atoms with Crippen molar-refractivity contribution in [2.24, 2.45) is 0 Å². The van der Waals surface area contributed by atoms with Gasteiger partial charge in [0.2, 0.25) is 5.91 Å². The van der Waals surface area contributed by atoms with Crippen LogP contribution >= 0.6 is 23.1 Å². The molecule has 0 aliphatic heterocycles. The Balaban J connectivity index is 1.65. The summed E-state index contributed by atoms with van der Waals surface area (Å²) in [5.74, 6) is 0.0747. The molecular weight excluding hydrogens is 374 g/mol. The molecule has 0 radical (unpaired) electrons. The molecule has 0 unspecified atom stereocenters. The topological polar surface area (TPSA) is 54.9 Å². The van der Waals surface area contributed by atoms with E-state index in [2.05, 4.69) is 22.2 Å². The quantitative estimate of drug-likeness (QED) is 0.530. The van der Waals surface area contributed by atoms with Crippen LogP contribution in [0.15, 0.2) is 40.5 Å². The Morgan fingerprint density at radius 2 is 2.07 bits per heavy atom. The first kappa shape index (κ1) is 18.4. The van der Waals surface area contributed by atoms with Crippen LogP contribution in [0, 0.1) is 0 Å². The summed E-state index contributed by atoms with van der Waals surface area (Å²) in [6, 6.07) is 7.98. The van der Waals surface area contributed by atoms with Gasteiger partial charge in [0.15, 0.2) is 0 Å². The Bertz CT molecular complexity index is 967. The first-order chi connectivity index (χ1) is 13.3. The van der Waals surface area contributed by atoms with Crippen LogP contribution in [-0.2, 0) is 17.6 Å². The van der Waals surface area contributed by atoms with E-state index < -0.39 is 0 Å². The van der Waals surface area contributed by atoms with E-state index in [1.807, 2.05) is 35.6 Å². The van der Waals surface area contributed by atoms with Crippen molar-refractivity contribution in [1.29, 1.82) is 0 Å². The van der Waals surface area contributed by atoms with Crippen LogP contribution in [0.1, 0.15) is 49.5 Å². The Morgan fingerprint density at radius 3 is 2.96 bits per heavy atom. The highest BCUT2D eigenvalue weighted by Gasteiger charge is 2.21. The van der Waals surface area contributed by atoms with E-state index in [0.717, 1.165) is 46.1 Å². The van der Waals surface area contributed by atoms with E-state index in [9.17, 15) is 4.79 Å². The molecule has 0 fully saturated rings. The molecule has 0 saturated heterocycles. The summed E-state index contributed by atoms with van der Waals surface area (Å²) < 4.78 is 0. The van der Waals surface area contributed by atoms with Crippen molar-refractivity contribution < 1.29 is 4.79 Å². The summed E-state index contributed by atoms with van der Waals surface area (Å²) in [6.45, 7) is 2.10. The van der Waals surface area contributed by atoms with Crippen molar-refractivity contribution in [3.63, 3.8) is 0 Å². The molecule has 4 rings (SSSR count). The number of para-hydroxylation sites is 1. The van der Waals surface area contributed by atoms with E-state index in [1.54, 1.807) is 18.1 Å². The van der Waals surface area contributed by atoms with Crippen LogP contribution in [0.25, 0.3) is 10.2 Å². The molecule has 1 amide bonds. The number of carbonyl (C=O) groups excluding carboxylic acids is 1. The second-order valence-corrected chi connectivity index (χ2v) is 8.93. The number of thiophene rings is 1. The summed E-state index contributed by atoms with van der Waals surface area (Å²) in [4.78, 5) is 24.9. The van der Waals surface area contributed by atoms with E-state index in [1.165, 1.54) is 28.7 Å². The van der Waals surface area contributed by atoms with Gasteiger partial charge in [0.25, 0.3) is 0 Å². The van der Waals surface area contributed by atoms with Crippen LogP contribution in [0.2, 0.25) is 0 Å². The van der Waals surface area contributed by atoms with Crippen molar-refractivity contribution in [3.8, 4) is 0 Å². The SMILES string of the molecule is CCCCC(=O)Nc1ccccc1Sc1ncnc2sc3c(c12)CCCC3. The number of benzene rings is 1. The highest BCUT2D eigenvalue weighted by atomic mass is 32.2. The maximum Gasteiger partial charge on any atom is 0.224 e. The number of nitrogens with one attached hydrogen (secondary N) is 1. The van der Waals surface area contributed by atoms with Crippen LogP contribution in [0.3, 0.4) is 0 Å². The van der Waals surface area contributed by atoms with Gasteiger partial charge >= 0.3 is 0 Å². The number of hydrogen-bond donors (Lipinski definition) is 1. The summed E-state index contributed by atoms with van der Waals surface area (Å²) in [6.07, 6.45) is 8.93. The molecule has 4 nitrogen and oxygen atoms in total. The van der Waals surface area contributed by atoms with Gasteiger partial charge in [0.1, 0.15) is 16.2 Å². The van der Waals surface area contributed by atoms with Crippen molar-refractivity contribution in [1.82, 2.24) is 9.97 Å². The van der Waals surface area contributed by atoms with Gasteiger partial charge < -0.3 is 5.32 Å². The Kier molecular flexibility index (Phi) is 5.74. The molecule has 140 valence electrons. The summed E-state index contributed by atoms with van der Waals surface area (Å²) in [5, 5.41) is 5.28. The summed E-state index contributed by atoms with van der Waals surface area (Å²) in [7, 11) is 0. The van der Waals surface area contributed by atoms with Crippen LogP contribution < -0.4 is 5.32 Å². The van der Waals surface area contributed by atoms with Gasteiger partial charge in [-0.25, -0.2) is 9.97 Å². The van der Waals surface area contributed by atoms with Gasteiger partial charge in [-0.15, -0.1) is 11.3 Å². The van der Waals surface area contributed by atoms with Crippen molar-refractivity contribution in [2.75, 3.05) is 5.32 Å². The third-order valence-electron chi connectivity index (χ3n) is 4.84. The molecule has 3 aromatic rings. The minimum Gasteiger partial charge on any atom is -0.325 e. The monoisotopic (exact) mass is 397 g/mol. The zero-order chi connectivity index (χ0) is 18.6. The van der Waals surface area contributed by atoms with Gasteiger partial charge in [-0.3, -0.25) is 4.79 Å². The maximum atomic E-state index is 12.2. The zero-order valence-electron chi connectivity index (χ0n) is 15.5. The van der Waals surface area contributed by atoms with Crippen LogP contribution in [0.5, 0.6) is 0 Å². The predicted octanol–water partition coefficient (Wildman–Crippen LogP) is 5.85. The number of nitrogens with zero attached hydrogens (tertiary/aromatic N) is 2. The lowest BCUT2D eigenvalue weighted by atomic mass is 9.97. The van der Waals surface area contributed by atoms with E-state index >= 15 is 0 Å². The highest BCUT2D eigenvalue weighted by Crippen LogP contribution is 2.42. The van der Waals surface area contributed by atoms with Crippen LogP contribution in [0.4, 0.5) is 5.69 Å². The molecule has 1 aliphatic rings.